The lowest BCUT2D eigenvalue weighted by Crippen LogP contribution is -2.35. The van der Waals surface area contributed by atoms with Crippen LogP contribution in [0.15, 0.2) is 0 Å². The van der Waals surface area contributed by atoms with Gasteiger partial charge in [0.1, 0.15) is 5.60 Å². The molecule has 0 aromatic heterocycles. The van der Waals surface area contributed by atoms with Crippen LogP contribution in [0, 0.1) is 32.5 Å². The number of esters is 1. The van der Waals surface area contributed by atoms with Crippen molar-refractivity contribution in [2.24, 2.45) is 32.5 Å². The van der Waals surface area contributed by atoms with Crippen molar-refractivity contribution in [3.05, 3.63) is 0 Å². The number of carbonyl (C=O) groups excluding carboxylic acids is 1. The van der Waals surface area contributed by atoms with Crippen LogP contribution in [0.3, 0.4) is 0 Å². The fraction of sp³-hybridized carbons (Fsp3) is 0.985. The molecule has 10 fully saturated rings. The number of carbonyl (C=O) groups is 1. The SMILES string of the molecule is CC1(C)CC1.CC1(C)CCC(=O)O1.CC1(C)CCCC1.CC1(C)CCCC1.CC1(C)CCCCC1.CC1(C)CCCCO1.CC1(C)CCCNC1.CC1(C)CCCO1.CC1(C)CCCO1.CC1(C)CCCOC1. The predicted molar refractivity (Wildman–Crippen MR) is 316 cm³/mol. The lowest BCUT2D eigenvalue weighted by atomic mass is 9.78. The third-order valence-corrected chi connectivity index (χ3v) is 16.6. The quantitative estimate of drug-likeness (QED) is 0.242. The molecule has 0 aromatic carbocycles. The maximum atomic E-state index is 10.4. The van der Waals surface area contributed by atoms with E-state index in [4.69, 9.17) is 23.7 Å². The molecule has 6 aliphatic heterocycles. The highest BCUT2D eigenvalue weighted by Crippen LogP contribution is 2.43. The van der Waals surface area contributed by atoms with Gasteiger partial charge < -0.3 is 29.0 Å². The van der Waals surface area contributed by atoms with Gasteiger partial charge in [-0.05, 0) is 223 Å². The minimum atomic E-state index is -0.183. The summed E-state index contributed by atoms with van der Waals surface area (Å²) in [5.41, 5.74) is 4.23. The van der Waals surface area contributed by atoms with Crippen molar-refractivity contribution >= 4 is 5.97 Å². The summed E-state index contributed by atoms with van der Waals surface area (Å²) in [6.45, 7) is 51.9. The molecule has 436 valence electrons. The van der Waals surface area contributed by atoms with E-state index in [-0.39, 0.29) is 28.4 Å². The second-order valence-corrected chi connectivity index (χ2v) is 31.1. The van der Waals surface area contributed by atoms with Gasteiger partial charge in [0.15, 0.2) is 0 Å². The smallest absolute Gasteiger partial charge is 0.306 e. The predicted octanol–water partition coefficient (Wildman–Crippen LogP) is 19.4. The molecule has 4 aliphatic carbocycles. The Morgan fingerprint density at radius 1 is 0.315 bits per heavy atom. The Hall–Kier alpha value is -0.730. The fourth-order valence-electron chi connectivity index (χ4n) is 10.4. The molecule has 4 saturated carbocycles. The lowest BCUT2D eigenvalue weighted by molar-refractivity contribution is -0.145. The van der Waals surface area contributed by atoms with Gasteiger partial charge in [0, 0.05) is 39.4 Å². The van der Waals surface area contributed by atoms with Gasteiger partial charge in [0.05, 0.1) is 23.4 Å². The van der Waals surface area contributed by atoms with Gasteiger partial charge in [-0.3, -0.25) is 4.79 Å². The van der Waals surface area contributed by atoms with Crippen LogP contribution in [-0.2, 0) is 28.5 Å². The van der Waals surface area contributed by atoms with Crippen molar-refractivity contribution in [3.8, 4) is 0 Å². The molecule has 7 nitrogen and oxygen atoms in total. The van der Waals surface area contributed by atoms with Gasteiger partial charge in [-0.15, -0.1) is 0 Å². The minimum Gasteiger partial charge on any atom is -0.460 e. The summed E-state index contributed by atoms with van der Waals surface area (Å²) in [7, 11) is 0. The Morgan fingerprint density at radius 3 is 0.781 bits per heavy atom. The van der Waals surface area contributed by atoms with Gasteiger partial charge in [0.2, 0.25) is 0 Å². The van der Waals surface area contributed by atoms with Crippen LogP contribution in [0.25, 0.3) is 0 Å². The van der Waals surface area contributed by atoms with Gasteiger partial charge in [-0.1, -0.05) is 128 Å². The zero-order chi connectivity index (χ0) is 55.6. The highest BCUT2D eigenvalue weighted by Gasteiger charge is 2.31. The summed E-state index contributed by atoms with van der Waals surface area (Å²) in [4.78, 5) is 10.4. The topological polar surface area (TPSA) is 75.3 Å². The first-order valence-electron chi connectivity index (χ1n) is 30.9. The maximum absolute atomic E-state index is 10.4. The average molecular weight is 1030 g/mol. The molecule has 0 aromatic rings. The molecular formula is C66H131NO6. The highest BCUT2D eigenvalue weighted by atomic mass is 16.6. The van der Waals surface area contributed by atoms with Crippen molar-refractivity contribution in [1.29, 1.82) is 0 Å². The molecule has 1 N–H and O–H groups in total. The summed E-state index contributed by atoms with van der Waals surface area (Å²) in [5, 5.41) is 3.38. The molecule has 0 amide bonds. The number of cyclic esters (lactones) is 1. The van der Waals surface area contributed by atoms with Crippen LogP contribution < -0.4 is 5.32 Å². The van der Waals surface area contributed by atoms with Crippen molar-refractivity contribution in [1.82, 2.24) is 5.32 Å². The van der Waals surface area contributed by atoms with Gasteiger partial charge >= 0.3 is 5.97 Å². The van der Waals surface area contributed by atoms with Crippen LogP contribution >= 0.6 is 0 Å². The summed E-state index contributed by atoms with van der Waals surface area (Å²) in [6, 6.07) is 0. The van der Waals surface area contributed by atoms with E-state index in [9.17, 15) is 4.79 Å². The first kappa shape index (κ1) is 70.3. The number of rotatable bonds is 0. The van der Waals surface area contributed by atoms with Crippen molar-refractivity contribution in [2.45, 2.75) is 341 Å². The van der Waals surface area contributed by atoms with Gasteiger partial charge in [-0.25, -0.2) is 0 Å². The number of piperidine rings is 1. The minimum absolute atomic E-state index is 0.0602. The molecule has 6 saturated heterocycles. The Kier molecular flexibility index (Phi) is 31.8. The van der Waals surface area contributed by atoms with E-state index in [2.05, 4.69) is 130 Å². The van der Waals surface area contributed by atoms with E-state index in [1.807, 2.05) is 13.8 Å². The van der Waals surface area contributed by atoms with Crippen molar-refractivity contribution in [3.63, 3.8) is 0 Å². The second-order valence-electron chi connectivity index (χ2n) is 31.1. The first-order chi connectivity index (χ1) is 33.5. The zero-order valence-corrected chi connectivity index (χ0v) is 53.2. The van der Waals surface area contributed by atoms with Crippen LogP contribution in [-0.4, -0.2) is 74.5 Å². The van der Waals surface area contributed by atoms with Gasteiger partial charge in [-0.2, -0.15) is 0 Å². The Bertz CT molecular complexity index is 1200. The molecule has 6 heterocycles. The molecule has 0 atom stereocenters. The summed E-state index contributed by atoms with van der Waals surface area (Å²) >= 11 is 0. The Labute approximate surface area is 457 Å². The molecular weight excluding hydrogens is 903 g/mol. The van der Waals surface area contributed by atoms with E-state index in [1.165, 1.54) is 180 Å². The molecule has 7 heteroatoms. The van der Waals surface area contributed by atoms with E-state index < -0.39 is 0 Å². The van der Waals surface area contributed by atoms with E-state index >= 15 is 0 Å². The second kappa shape index (κ2) is 33.0. The fourth-order valence-corrected chi connectivity index (χ4v) is 10.4. The standard InChI is InChI=1S/C8H16.C7H15N.2C7H14O.2C7H14.C6H10O2.2C6H12O.C5H10/c1-8(2)6-4-3-5-7-8;2*1-7(2)4-3-5-8-6-7;1-7(2)5-3-4-6-8-7;2*1-7(2)5-3-4-6-7;1-6(2)4-3-5(7)8-6;2*1-6(2)4-3-5-7-6;1-5(2)3-4-5/h3-7H2,1-2H3;8H,3-6H2,1-2H3;2*3-6H2,1-2H3;2*3-6H2,1-2H3;3-4H2,1-2H3;2*3-5H2,1-2H3;3-4H2,1-2H3. The number of nitrogens with one attached hydrogen (secondary N) is 1. The number of ether oxygens (including phenoxy) is 5. The van der Waals surface area contributed by atoms with E-state index in [1.54, 1.807) is 0 Å². The van der Waals surface area contributed by atoms with Crippen LogP contribution in [0.1, 0.15) is 318 Å². The zero-order valence-electron chi connectivity index (χ0n) is 53.2. The third-order valence-electron chi connectivity index (χ3n) is 16.6. The van der Waals surface area contributed by atoms with Gasteiger partial charge in [0.25, 0.3) is 0 Å². The summed E-state index contributed by atoms with van der Waals surface area (Å²) in [5.74, 6) is -0.0602. The molecule has 10 rings (SSSR count). The molecule has 10 aliphatic rings. The monoisotopic (exact) mass is 1030 g/mol. The Morgan fingerprint density at radius 2 is 0.644 bits per heavy atom. The van der Waals surface area contributed by atoms with Crippen molar-refractivity contribution < 1.29 is 28.5 Å². The maximum Gasteiger partial charge on any atom is 0.306 e. The van der Waals surface area contributed by atoms with Crippen LogP contribution in [0.5, 0.6) is 0 Å². The molecule has 0 radical (unpaired) electrons. The summed E-state index contributed by atoms with van der Waals surface area (Å²) in [6.07, 6.45) is 37.4. The van der Waals surface area contributed by atoms with Crippen molar-refractivity contribution in [2.75, 3.05) is 46.1 Å². The Balaban J connectivity index is 0.000000406. The number of hydrogen-bond donors (Lipinski definition) is 1. The summed E-state index contributed by atoms with van der Waals surface area (Å²) < 4.78 is 26.3. The average Bonchev–Trinajstić information content (AvgIpc) is 3.88. The largest absolute Gasteiger partial charge is 0.460 e. The third kappa shape index (κ3) is 41.1. The molecule has 0 spiro atoms. The molecule has 0 bridgehead atoms. The molecule has 0 unspecified atom stereocenters. The highest BCUT2D eigenvalue weighted by molar-refractivity contribution is 5.72. The van der Waals surface area contributed by atoms with E-state index in [0.29, 0.717) is 33.5 Å². The molecule has 73 heavy (non-hydrogen) atoms. The normalized spacial score (nSPS) is 27.9. The van der Waals surface area contributed by atoms with E-state index in [0.717, 1.165) is 44.9 Å². The van der Waals surface area contributed by atoms with Crippen LogP contribution in [0.4, 0.5) is 0 Å². The lowest BCUT2D eigenvalue weighted by Gasteiger charge is -2.29. The first-order valence-corrected chi connectivity index (χ1v) is 30.9. The number of hydrogen-bond acceptors (Lipinski definition) is 7. The van der Waals surface area contributed by atoms with Crippen LogP contribution in [0.2, 0.25) is 0 Å².